The first-order valence-corrected chi connectivity index (χ1v) is 9.40. The number of hydrogen-bond acceptors (Lipinski definition) is 2. The third-order valence-corrected chi connectivity index (χ3v) is 5.26. The summed E-state index contributed by atoms with van der Waals surface area (Å²) < 4.78 is 0. The first kappa shape index (κ1) is 17.5. The van der Waals surface area contributed by atoms with E-state index in [1.165, 1.54) is 24.0 Å². The Hall–Kier alpha value is -2.94. The molecule has 1 fully saturated rings. The highest BCUT2D eigenvalue weighted by atomic mass is 16.4. The van der Waals surface area contributed by atoms with E-state index in [1.54, 1.807) is 6.07 Å². The number of rotatable bonds is 5. The fourth-order valence-corrected chi connectivity index (χ4v) is 3.74. The Labute approximate surface area is 159 Å². The molecule has 2 aromatic carbocycles. The Morgan fingerprint density at radius 3 is 2.59 bits per heavy atom. The van der Waals surface area contributed by atoms with Crippen LogP contribution in [-0.4, -0.2) is 16.1 Å². The minimum atomic E-state index is -0.881. The maximum Gasteiger partial charge on any atom is 0.335 e. The first-order chi connectivity index (χ1) is 13.0. The van der Waals surface area contributed by atoms with Gasteiger partial charge in [-0.05, 0) is 67.3 Å². The molecule has 3 aromatic rings. The highest BCUT2D eigenvalue weighted by Gasteiger charge is 2.26. The maximum absolute atomic E-state index is 11.6. The molecule has 0 unspecified atom stereocenters. The number of aryl methyl sites for hydroxylation is 2. The molecule has 136 valence electrons. The van der Waals surface area contributed by atoms with E-state index in [-0.39, 0.29) is 0 Å². The average molecular weight is 357 g/mol. The molecule has 0 atom stereocenters. The van der Waals surface area contributed by atoms with Crippen molar-refractivity contribution in [1.29, 1.82) is 0 Å². The molecule has 1 aromatic heterocycles. The van der Waals surface area contributed by atoms with Crippen molar-refractivity contribution in [1.82, 2.24) is 4.98 Å². The van der Waals surface area contributed by atoms with Crippen molar-refractivity contribution >= 4 is 5.97 Å². The summed E-state index contributed by atoms with van der Waals surface area (Å²) in [5.74, 6) is -0.207. The van der Waals surface area contributed by atoms with Gasteiger partial charge >= 0.3 is 5.97 Å². The smallest absolute Gasteiger partial charge is 0.335 e. The number of benzene rings is 2. The van der Waals surface area contributed by atoms with Crippen LogP contribution >= 0.6 is 0 Å². The molecule has 27 heavy (non-hydrogen) atoms. The van der Waals surface area contributed by atoms with Crippen molar-refractivity contribution < 1.29 is 9.90 Å². The van der Waals surface area contributed by atoms with Gasteiger partial charge in [-0.2, -0.15) is 0 Å². The van der Waals surface area contributed by atoms with Crippen molar-refractivity contribution in [3.8, 4) is 11.3 Å². The molecule has 0 spiro atoms. The van der Waals surface area contributed by atoms with Crippen molar-refractivity contribution in [3.63, 3.8) is 0 Å². The zero-order chi connectivity index (χ0) is 19.0. The van der Waals surface area contributed by atoms with Crippen molar-refractivity contribution in [3.05, 3.63) is 88.1 Å². The summed E-state index contributed by atoms with van der Waals surface area (Å²) in [7, 11) is 0. The van der Waals surface area contributed by atoms with Crippen LogP contribution < -0.4 is 0 Å². The van der Waals surface area contributed by atoms with Gasteiger partial charge in [-0.25, -0.2) is 4.79 Å². The predicted octanol–water partition coefficient (Wildman–Crippen LogP) is 5.53. The van der Waals surface area contributed by atoms with Crippen LogP contribution in [0.4, 0.5) is 0 Å². The summed E-state index contributed by atoms with van der Waals surface area (Å²) in [5.41, 5.74) is 7.96. The molecule has 1 N–H and O–H groups in total. The molecule has 0 aliphatic heterocycles. The molecule has 0 radical (unpaired) electrons. The first-order valence-electron chi connectivity index (χ1n) is 9.40. The summed E-state index contributed by atoms with van der Waals surface area (Å²) in [6.07, 6.45) is 4.98. The maximum atomic E-state index is 11.6. The number of hydrogen-bond donors (Lipinski definition) is 1. The van der Waals surface area contributed by atoms with Gasteiger partial charge in [-0.15, -0.1) is 0 Å². The van der Waals surface area contributed by atoms with Crippen molar-refractivity contribution in [2.45, 2.75) is 39.0 Å². The average Bonchev–Trinajstić information content (AvgIpc) is 3.48. The van der Waals surface area contributed by atoms with Gasteiger partial charge in [0.2, 0.25) is 0 Å². The number of aromatic carboxylic acids is 1. The normalized spacial score (nSPS) is 13.6. The fraction of sp³-hybridized carbons (Fsp3) is 0.250. The second-order valence-electron chi connectivity index (χ2n) is 7.51. The topological polar surface area (TPSA) is 50.2 Å². The summed E-state index contributed by atoms with van der Waals surface area (Å²) >= 11 is 0. The number of carboxylic acid groups (broad SMARTS) is 1. The van der Waals surface area contributed by atoms with Gasteiger partial charge in [0, 0.05) is 11.8 Å². The largest absolute Gasteiger partial charge is 0.478 e. The monoisotopic (exact) mass is 357 g/mol. The van der Waals surface area contributed by atoms with Crippen LogP contribution in [0.25, 0.3) is 11.3 Å². The molecule has 1 aliphatic carbocycles. The SMILES string of the molecule is Cc1ccc(Cc2cnc(-c3ccccc3C3CC3)c(C)c2)c(C(=O)O)c1. The van der Waals surface area contributed by atoms with Crippen LogP contribution in [0, 0.1) is 13.8 Å². The zero-order valence-electron chi connectivity index (χ0n) is 15.7. The number of nitrogens with zero attached hydrogens (tertiary/aromatic N) is 1. The zero-order valence-corrected chi connectivity index (χ0v) is 15.7. The third-order valence-electron chi connectivity index (χ3n) is 5.26. The number of carbonyl (C=O) groups is 1. The lowest BCUT2D eigenvalue weighted by atomic mass is 9.95. The summed E-state index contributed by atoms with van der Waals surface area (Å²) in [6.45, 7) is 4.00. The van der Waals surface area contributed by atoms with Crippen molar-refractivity contribution in [2.24, 2.45) is 0 Å². The van der Waals surface area contributed by atoms with E-state index < -0.39 is 5.97 Å². The van der Waals surface area contributed by atoms with E-state index in [9.17, 15) is 9.90 Å². The Bertz CT molecular complexity index is 1020. The van der Waals surface area contributed by atoms with Gasteiger partial charge in [-0.3, -0.25) is 4.98 Å². The van der Waals surface area contributed by atoms with Crippen molar-refractivity contribution in [2.75, 3.05) is 0 Å². The lowest BCUT2D eigenvalue weighted by Gasteiger charge is -2.13. The van der Waals surface area contributed by atoms with Gasteiger partial charge in [0.1, 0.15) is 0 Å². The Balaban J connectivity index is 1.67. The molecule has 1 saturated carbocycles. The van der Waals surface area contributed by atoms with Gasteiger partial charge in [0.15, 0.2) is 0 Å². The Morgan fingerprint density at radius 2 is 1.89 bits per heavy atom. The van der Waals surface area contributed by atoms with Gasteiger partial charge < -0.3 is 5.11 Å². The fourth-order valence-electron chi connectivity index (χ4n) is 3.74. The van der Waals surface area contributed by atoms with Gasteiger partial charge in [-0.1, -0.05) is 48.0 Å². The molecular weight excluding hydrogens is 334 g/mol. The molecule has 0 saturated heterocycles. The van der Waals surface area contributed by atoms with Gasteiger partial charge in [0.05, 0.1) is 11.3 Å². The second kappa shape index (κ2) is 6.99. The molecule has 3 nitrogen and oxygen atoms in total. The highest BCUT2D eigenvalue weighted by molar-refractivity contribution is 5.89. The second-order valence-corrected chi connectivity index (χ2v) is 7.51. The quantitative estimate of drug-likeness (QED) is 0.653. The summed E-state index contributed by atoms with van der Waals surface area (Å²) in [5, 5.41) is 9.49. The van der Waals surface area contributed by atoms with Crippen LogP contribution in [-0.2, 0) is 6.42 Å². The third kappa shape index (κ3) is 3.63. The number of aromatic nitrogens is 1. The lowest BCUT2D eigenvalue weighted by molar-refractivity contribution is 0.0695. The molecule has 0 amide bonds. The van der Waals surface area contributed by atoms with E-state index in [4.69, 9.17) is 4.98 Å². The lowest BCUT2D eigenvalue weighted by Crippen LogP contribution is -2.04. The number of carboxylic acids is 1. The van der Waals surface area contributed by atoms with E-state index in [2.05, 4.69) is 37.3 Å². The molecule has 4 rings (SSSR count). The van der Waals surface area contributed by atoms with Crippen LogP contribution in [0.15, 0.2) is 54.7 Å². The standard InChI is InChI=1S/C24H23NO2/c1-15-7-8-19(22(11-15)24(26)27)13-17-12-16(2)23(25-14-17)21-6-4-3-5-20(21)18-9-10-18/h3-8,11-12,14,18H,9-10,13H2,1-2H3,(H,26,27). The molecule has 1 heterocycles. The van der Waals surface area contributed by atoms with Crippen LogP contribution in [0.5, 0.6) is 0 Å². The van der Waals surface area contributed by atoms with Crippen LogP contribution in [0.3, 0.4) is 0 Å². The van der Waals surface area contributed by atoms with Crippen LogP contribution in [0.1, 0.15) is 56.9 Å². The molecule has 1 aliphatic rings. The summed E-state index contributed by atoms with van der Waals surface area (Å²) in [4.78, 5) is 16.3. The Morgan fingerprint density at radius 1 is 1.11 bits per heavy atom. The Kier molecular flexibility index (Phi) is 4.53. The predicted molar refractivity (Wildman–Crippen MR) is 107 cm³/mol. The molecule has 0 bridgehead atoms. The molecular formula is C24H23NO2. The molecule has 3 heteroatoms. The van der Waals surface area contributed by atoms with E-state index in [1.807, 2.05) is 25.3 Å². The highest BCUT2D eigenvalue weighted by Crippen LogP contribution is 2.44. The minimum Gasteiger partial charge on any atom is -0.478 e. The number of pyridine rings is 1. The van der Waals surface area contributed by atoms with E-state index in [0.29, 0.717) is 17.9 Å². The van der Waals surface area contributed by atoms with Gasteiger partial charge in [0.25, 0.3) is 0 Å². The van der Waals surface area contributed by atoms with E-state index in [0.717, 1.165) is 27.9 Å². The van der Waals surface area contributed by atoms with E-state index >= 15 is 0 Å². The van der Waals surface area contributed by atoms with Crippen LogP contribution in [0.2, 0.25) is 0 Å². The minimum absolute atomic E-state index is 0.371. The summed E-state index contributed by atoms with van der Waals surface area (Å²) in [6, 6.07) is 16.3.